The summed E-state index contributed by atoms with van der Waals surface area (Å²) in [6, 6.07) is 5.95. The molecule has 3 aliphatic rings. The molecule has 0 spiro atoms. The van der Waals surface area contributed by atoms with Crippen LogP contribution in [0.25, 0.3) is 0 Å². The van der Waals surface area contributed by atoms with Crippen LogP contribution in [0.5, 0.6) is 0 Å². The topological polar surface area (TPSA) is 66.6 Å². The van der Waals surface area contributed by atoms with Crippen molar-refractivity contribution < 1.29 is 9.59 Å². The number of benzene rings is 1. The number of anilines is 1. The van der Waals surface area contributed by atoms with Gasteiger partial charge in [0.1, 0.15) is 6.04 Å². The lowest BCUT2D eigenvalue weighted by molar-refractivity contribution is -0.143. The predicted molar refractivity (Wildman–Crippen MR) is 102 cm³/mol. The fourth-order valence-electron chi connectivity index (χ4n) is 4.87. The van der Waals surface area contributed by atoms with Crippen molar-refractivity contribution in [3.8, 4) is 0 Å². The Morgan fingerprint density at radius 1 is 1.04 bits per heavy atom. The molecule has 2 amide bonds. The average molecular weight is 355 g/mol. The molecule has 2 atom stereocenters. The first kappa shape index (κ1) is 17.4. The molecule has 1 unspecified atom stereocenters. The molecule has 1 aliphatic carbocycles. The van der Waals surface area contributed by atoms with Gasteiger partial charge >= 0.3 is 0 Å². The third-order valence-corrected chi connectivity index (χ3v) is 6.29. The van der Waals surface area contributed by atoms with E-state index in [1.165, 1.54) is 11.1 Å². The standard InChI is InChI=1S/C21H29N3O2/c22-18-7-6-16-12-15(13-17(16)14-18)5-8-20(25)24-11-3-4-19(24)21(26)23-9-1-2-10-23/h6-7,14-15,19H,1-5,8-13,22H2/t15?,19-/m1/s1. The minimum atomic E-state index is -0.207. The van der Waals surface area contributed by atoms with E-state index in [0.29, 0.717) is 12.3 Å². The first-order valence-corrected chi connectivity index (χ1v) is 10.1. The van der Waals surface area contributed by atoms with Gasteiger partial charge in [0.25, 0.3) is 0 Å². The molecule has 2 N–H and O–H groups in total. The number of nitrogens with zero attached hydrogens (tertiary/aromatic N) is 2. The van der Waals surface area contributed by atoms with Crippen molar-refractivity contribution in [1.29, 1.82) is 0 Å². The number of amides is 2. The highest BCUT2D eigenvalue weighted by molar-refractivity contribution is 5.88. The molecule has 26 heavy (non-hydrogen) atoms. The van der Waals surface area contributed by atoms with Crippen LogP contribution in [0.2, 0.25) is 0 Å². The monoisotopic (exact) mass is 355 g/mol. The molecule has 1 aromatic rings. The molecule has 140 valence electrons. The van der Waals surface area contributed by atoms with Crippen molar-refractivity contribution >= 4 is 17.5 Å². The van der Waals surface area contributed by atoms with Crippen LogP contribution < -0.4 is 5.73 Å². The van der Waals surface area contributed by atoms with Crippen molar-refractivity contribution in [2.75, 3.05) is 25.4 Å². The molecule has 1 aromatic carbocycles. The van der Waals surface area contributed by atoms with E-state index in [2.05, 4.69) is 12.1 Å². The van der Waals surface area contributed by atoms with Crippen molar-refractivity contribution in [1.82, 2.24) is 9.80 Å². The maximum atomic E-state index is 12.8. The summed E-state index contributed by atoms with van der Waals surface area (Å²) in [5, 5.41) is 0. The summed E-state index contributed by atoms with van der Waals surface area (Å²) < 4.78 is 0. The van der Waals surface area contributed by atoms with Gasteiger partial charge in [0.05, 0.1) is 0 Å². The van der Waals surface area contributed by atoms with E-state index in [1.54, 1.807) is 0 Å². The summed E-state index contributed by atoms with van der Waals surface area (Å²) >= 11 is 0. The Kier molecular flexibility index (Phi) is 4.88. The smallest absolute Gasteiger partial charge is 0.245 e. The minimum absolute atomic E-state index is 0.163. The molecule has 0 saturated carbocycles. The Balaban J connectivity index is 1.31. The first-order valence-electron chi connectivity index (χ1n) is 10.1. The number of carbonyl (C=O) groups excluding carboxylic acids is 2. The quantitative estimate of drug-likeness (QED) is 0.843. The molecule has 0 bridgehead atoms. The molecule has 2 heterocycles. The molecule has 2 fully saturated rings. The summed E-state index contributed by atoms with van der Waals surface area (Å²) in [5.74, 6) is 0.860. The van der Waals surface area contributed by atoms with Gasteiger partial charge in [0.15, 0.2) is 0 Å². The lowest BCUT2D eigenvalue weighted by atomic mass is 9.99. The SMILES string of the molecule is Nc1ccc2c(c1)CC(CCC(=O)N1CCC[C@@H]1C(=O)N1CCCC1)C2. The second-order valence-electron chi connectivity index (χ2n) is 8.12. The van der Waals surface area contributed by atoms with Gasteiger partial charge in [-0.3, -0.25) is 9.59 Å². The molecule has 5 heteroatoms. The molecule has 4 rings (SSSR count). The maximum Gasteiger partial charge on any atom is 0.245 e. The number of rotatable bonds is 4. The van der Waals surface area contributed by atoms with E-state index < -0.39 is 0 Å². The normalized spacial score (nSPS) is 24.9. The Labute approximate surface area is 155 Å². The van der Waals surface area contributed by atoms with Crippen LogP contribution in [0.1, 0.15) is 49.7 Å². The first-order chi connectivity index (χ1) is 12.6. The van der Waals surface area contributed by atoms with E-state index in [-0.39, 0.29) is 17.9 Å². The fraction of sp³-hybridized carbons (Fsp3) is 0.619. The van der Waals surface area contributed by atoms with Crippen LogP contribution in [-0.2, 0) is 22.4 Å². The Morgan fingerprint density at radius 2 is 1.81 bits per heavy atom. The van der Waals surface area contributed by atoms with Crippen LogP contribution >= 0.6 is 0 Å². The third kappa shape index (κ3) is 3.44. The van der Waals surface area contributed by atoms with Crippen LogP contribution in [0.3, 0.4) is 0 Å². The second-order valence-corrected chi connectivity index (χ2v) is 8.12. The average Bonchev–Trinajstić information content (AvgIpc) is 3.38. The molecular formula is C21H29N3O2. The summed E-state index contributed by atoms with van der Waals surface area (Å²) in [6.45, 7) is 2.46. The summed E-state index contributed by atoms with van der Waals surface area (Å²) in [5.41, 5.74) is 9.41. The summed E-state index contributed by atoms with van der Waals surface area (Å²) in [6.07, 6.45) is 7.48. The zero-order valence-corrected chi connectivity index (χ0v) is 15.5. The number of hydrogen-bond donors (Lipinski definition) is 1. The molecule has 0 radical (unpaired) electrons. The number of carbonyl (C=O) groups is 2. The number of nitrogens with two attached hydrogens (primary N) is 1. The van der Waals surface area contributed by atoms with Crippen LogP contribution in [0.15, 0.2) is 18.2 Å². The zero-order valence-electron chi connectivity index (χ0n) is 15.5. The lowest BCUT2D eigenvalue weighted by Crippen LogP contribution is -2.47. The number of nitrogen functional groups attached to an aromatic ring is 1. The number of likely N-dealkylation sites (tertiary alicyclic amines) is 2. The van der Waals surface area contributed by atoms with E-state index in [9.17, 15) is 9.59 Å². The third-order valence-electron chi connectivity index (χ3n) is 6.29. The van der Waals surface area contributed by atoms with Gasteiger partial charge in [-0.25, -0.2) is 0 Å². The summed E-state index contributed by atoms with van der Waals surface area (Å²) in [4.78, 5) is 29.3. The van der Waals surface area contributed by atoms with Crippen molar-refractivity contribution in [2.45, 2.75) is 57.4 Å². The minimum Gasteiger partial charge on any atom is -0.399 e. The zero-order chi connectivity index (χ0) is 18.1. The molecule has 2 saturated heterocycles. The highest BCUT2D eigenvalue weighted by Crippen LogP contribution is 2.31. The fourth-order valence-corrected chi connectivity index (χ4v) is 4.87. The van der Waals surface area contributed by atoms with Crippen molar-refractivity contribution in [3.63, 3.8) is 0 Å². The van der Waals surface area contributed by atoms with Crippen molar-refractivity contribution in [3.05, 3.63) is 29.3 Å². The lowest BCUT2D eigenvalue weighted by Gasteiger charge is -2.28. The highest BCUT2D eigenvalue weighted by atomic mass is 16.2. The van der Waals surface area contributed by atoms with E-state index >= 15 is 0 Å². The number of hydrogen-bond acceptors (Lipinski definition) is 3. The van der Waals surface area contributed by atoms with Gasteiger partial charge in [0, 0.05) is 31.7 Å². The van der Waals surface area contributed by atoms with Gasteiger partial charge in [-0.1, -0.05) is 6.07 Å². The van der Waals surface area contributed by atoms with E-state index in [1.807, 2.05) is 15.9 Å². The molecule has 0 aromatic heterocycles. The Morgan fingerprint density at radius 3 is 2.62 bits per heavy atom. The summed E-state index contributed by atoms with van der Waals surface area (Å²) in [7, 11) is 0. The van der Waals surface area contributed by atoms with Gasteiger partial charge in [-0.2, -0.15) is 0 Å². The van der Waals surface area contributed by atoms with Gasteiger partial charge in [-0.05, 0) is 74.1 Å². The maximum absolute atomic E-state index is 12.8. The Bertz CT molecular complexity index is 696. The van der Waals surface area contributed by atoms with Gasteiger partial charge in [0.2, 0.25) is 11.8 Å². The second kappa shape index (κ2) is 7.29. The predicted octanol–water partition coefficient (Wildman–Crippen LogP) is 2.38. The van der Waals surface area contributed by atoms with Gasteiger partial charge in [-0.15, -0.1) is 0 Å². The van der Waals surface area contributed by atoms with E-state index in [4.69, 9.17) is 5.73 Å². The van der Waals surface area contributed by atoms with Crippen LogP contribution in [0, 0.1) is 5.92 Å². The number of fused-ring (bicyclic) bond motifs is 1. The highest BCUT2D eigenvalue weighted by Gasteiger charge is 2.37. The van der Waals surface area contributed by atoms with Crippen LogP contribution in [0.4, 0.5) is 5.69 Å². The molecule has 5 nitrogen and oxygen atoms in total. The Hall–Kier alpha value is -2.04. The largest absolute Gasteiger partial charge is 0.399 e. The van der Waals surface area contributed by atoms with E-state index in [0.717, 1.165) is 70.3 Å². The molecular weight excluding hydrogens is 326 g/mol. The van der Waals surface area contributed by atoms with Gasteiger partial charge < -0.3 is 15.5 Å². The van der Waals surface area contributed by atoms with Crippen molar-refractivity contribution in [2.24, 2.45) is 5.92 Å². The molecule has 2 aliphatic heterocycles. The van der Waals surface area contributed by atoms with Crippen LogP contribution in [-0.4, -0.2) is 47.3 Å².